The van der Waals surface area contributed by atoms with E-state index in [1.807, 2.05) is 6.92 Å². The van der Waals surface area contributed by atoms with E-state index in [1.54, 1.807) is 19.1 Å². The molecular formula is C26H18Br2F4N2O4. The SMILES string of the molecule is Cc1c(Br)cc(Oc2ccc(F)cc2F)cc1[N+](=O)[O-].Cc1c(N)cc(Oc2ccc(F)cc2F)cc1Br. The molecule has 0 atom stereocenters. The first-order valence-corrected chi connectivity index (χ1v) is 12.2. The second-order valence-electron chi connectivity index (χ2n) is 7.78. The van der Waals surface area contributed by atoms with Crippen LogP contribution in [-0.4, -0.2) is 4.92 Å². The fourth-order valence-electron chi connectivity index (χ4n) is 2.99. The van der Waals surface area contributed by atoms with Crippen LogP contribution in [-0.2, 0) is 0 Å². The zero-order chi connectivity index (χ0) is 28.1. The number of nitrogen functional groups attached to an aromatic ring is 1. The maximum absolute atomic E-state index is 13.5. The second-order valence-corrected chi connectivity index (χ2v) is 9.49. The molecule has 0 aliphatic rings. The van der Waals surface area contributed by atoms with E-state index in [2.05, 4.69) is 31.9 Å². The molecule has 4 aromatic carbocycles. The van der Waals surface area contributed by atoms with Crippen LogP contribution in [0.5, 0.6) is 23.0 Å². The highest BCUT2D eigenvalue weighted by Gasteiger charge is 2.17. The van der Waals surface area contributed by atoms with E-state index in [0.29, 0.717) is 27.5 Å². The predicted molar refractivity (Wildman–Crippen MR) is 142 cm³/mol. The molecule has 0 aliphatic carbocycles. The molecule has 38 heavy (non-hydrogen) atoms. The van der Waals surface area contributed by atoms with Crippen molar-refractivity contribution in [3.63, 3.8) is 0 Å². The summed E-state index contributed by atoms with van der Waals surface area (Å²) in [6, 6.07) is 11.9. The fourth-order valence-corrected chi connectivity index (χ4v) is 3.88. The third kappa shape index (κ3) is 7.23. The van der Waals surface area contributed by atoms with Crippen molar-refractivity contribution in [2.24, 2.45) is 0 Å². The number of rotatable bonds is 5. The fraction of sp³-hybridized carbons (Fsp3) is 0.0769. The Kier molecular flexibility index (Phi) is 9.34. The van der Waals surface area contributed by atoms with Crippen molar-refractivity contribution in [1.82, 2.24) is 0 Å². The topological polar surface area (TPSA) is 87.6 Å². The molecule has 4 rings (SSSR count). The summed E-state index contributed by atoms with van der Waals surface area (Å²) in [4.78, 5) is 10.3. The van der Waals surface area contributed by atoms with Gasteiger partial charge in [0.25, 0.3) is 5.69 Å². The molecule has 0 saturated heterocycles. The van der Waals surface area contributed by atoms with E-state index in [9.17, 15) is 27.7 Å². The molecule has 6 nitrogen and oxygen atoms in total. The van der Waals surface area contributed by atoms with Gasteiger partial charge in [0.05, 0.1) is 11.0 Å². The second kappa shape index (κ2) is 12.3. The molecule has 0 radical (unpaired) electrons. The van der Waals surface area contributed by atoms with Crippen molar-refractivity contribution in [1.29, 1.82) is 0 Å². The van der Waals surface area contributed by atoms with Crippen LogP contribution in [0.3, 0.4) is 0 Å². The van der Waals surface area contributed by atoms with Crippen LogP contribution in [0.25, 0.3) is 0 Å². The molecule has 0 amide bonds. The lowest BCUT2D eigenvalue weighted by molar-refractivity contribution is -0.385. The van der Waals surface area contributed by atoms with Crippen molar-refractivity contribution in [2.75, 3.05) is 5.73 Å². The monoisotopic (exact) mass is 656 g/mol. The van der Waals surface area contributed by atoms with Crippen LogP contribution < -0.4 is 15.2 Å². The highest BCUT2D eigenvalue weighted by molar-refractivity contribution is 9.10. The van der Waals surface area contributed by atoms with E-state index >= 15 is 0 Å². The summed E-state index contributed by atoms with van der Waals surface area (Å²) in [6.07, 6.45) is 0. The molecule has 2 N–H and O–H groups in total. The summed E-state index contributed by atoms with van der Waals surface area (Å²) in [6.45, 7) is 3.42. The number of nitrogens with zero attached hydrogens (tertiary/aromatic N) is 1. The van der Waals surface area contributed by atoms with Gasteiger partial charge in [-0.2, -0.15) is 0 Å². The summed E-state index contributed by atoms with van der Waals surface area (Å²) in [5.74, 6) is -2.82. The van der Waals surface area contributed by atoms with Gasteiger partial charge in [-0.1, -0.05) is 31.9 Å². The molecule has 0 fully saturated rings. The predicted octanol–water partition coefficient (Wildman–Crippen LogP) is 9.15. The van der Waals surface area contributed by atoms with Gasteiger partial charge >= 0.3 is 0 Å². The van der Waals surface area contributed by atoms with E-state index in [4.69, 9.17) is 15.2 Å². The molecular weight excluding hydrogens is 640 g/mol. The van der Waals surface area contributed by atoms with Gasteiger partial charge < -0.3 is 15.2 Å². The van der Waals surface area contributed by atoms with Crippen molar-refractivity contribution in [3.8, 4) is 23.0 Å². The van der Waals surface area contributed by atoms with Crippen LogP contribution in [0.1, 0.15) is 11.1 Å². The van der Waals surface area contributed by atoms with Gasteiger partial charge in [0.1, 0.15) is 23.1 Å². The molecule has 0 unspecified atom stereocenters. The van der Waals surface area contributed by atoms with Gasteiger partial charge in [-0.15, -0.1) is 0 Å². The summed E-state index contributed by atoms with van der Waals surface area (Å²) >= 11 is 6.50. The highest BCUT2D eigenvalue weighted by atomic mass is 79.9. The summed E-state index contributed by atoms with van der Waals surface area (Å²) < 4.78 is 64.2. The van der Waals surface area contributed by atoms with Gasteiger partial charge in [-0.25, -0.2) is 17.6 Å². The van der Waals surface area contributed by atoms with Crippen molar-refractivity contribution in [3.05, 3.63) is 114 Å². The minimum absolute atomic E-state index is 0.0495. The Balaban J connectivity index is 0.000000212. The third-order valence-electron chi connectivity index (χ3n) is 5.09. The smallest absolute Gasteiger partial charge is 0.277 e. The minimum atomic E-state index is -0.885. The number of hydrogen-bond acceptors (Lipinski definition) is 5. The number of nitrogens with two attached hydrogens (primary N) is 1. The van der Waals surface area contributed by atoms with E-state index in [0.717, 1.165) is 34.3 Å². The van der Waals surface area contributed by atoms with Crippen LogP contribution in [0.15, 0.2) is 69.6 Å². The molecule has 198 valence electrons. The number of ether oxygens (including phenoxy) is 2. The molecule has 0 aliphatic heterocycles. The average molecular weight is 658 g/mol. The largest absolute Gasteiger partial charge is 0.454 e. The normalized spacial score (nSPS) is 10.4. The zero-order valence-electron chi connectivity index (χ0n) is 19.7. The molecule has 0 spiro atoms. The number of nitro groups is 1. The Morgan fingerprint density at radius 3 is 1.61 bits per heavy atom. The Morgan fingerprint density at radius 2 is 1.18 bits per heavy atom. The lowest BCUT2D eigenvalue weighted by atomic mass is 10.2. The number of halogens is 6. The standard InChI is InChI=1S/C13H8BrF2NO3.C13H10BrF2NO/c1-7-10(14)5-9(6-12(7)17(18)19)20-13-3-2-8(15)4-11(13)16;1-7-10(14)5-9(6-12(7)17)18-13-3-2-8(15)4-11(13)16/h2-6H,1H3;2-6H,17H2,1H3. The Morgan fingerprint density at radius 1 is 0.737 bits per heavy atom. The maximum atomic E-state index is 13.5. The van der Waals surface area contributed by atoms with Gasteiger partial charge in [0, 0.05) is 38.4 Å². The van der Waals surface area contributed by atoms with Crippen LogP contribution in [0.4, 0.5) is 28.9 Å². The molecule has 0 heterocycles. The Labute approximate surface area is 231 Å². The van der Waals surface area contributed by atoms with E-state index in [1.165, 1.54) is 18.2 Å². The third-order valence-corrected chi connectivity index (χ3v) is 6.74. The summed E-state index contributed by atoms with van der Waals surface area (Å²) in [7, 11) is 0. The lowest BCUT2D eigenvalue weighted by Gasteiger charge is -2.10. The van der Waals surface area contributed by atoms with Crippen molar-refractivity contribution < 1.29 is 32.0 Å². The zero-order valence-corrected chi connectivity index (χ0v) is 22.9. The maximum Gasteiger partial charge on any atom is 0.277 e. The first-order valence-electron chi connectivity index (χ1n) is 10.6. The van der Waals surface area contributed by atoms with Crippen molar-refractivity contribution in [2.45, 2.75) is 13.8 Å². The number of nitro benzene ring substituents is 1. The molecule has 12 heteroatoms. The van der Waals surface area contributed by atoms with E-state index < -0.39 is 28.2 Å². The van der Waals surface area contributed by atoms with Gasteiger partial charge in [0.2, 0.25) is 0 Å². The molecule has 4 aromatic rings. The van der Waals surface area contributed by atoms with Crippen LogP contribution in [0, 0.1) is 47.2 Å². The quantitative estimate of drug-likeness (QED) is 0.100. The molecule has 0 saturated carbocycles. The molecule has 0 bridgehead atoms. The number of benzene rings is 4. The van der Waals surface area contributed by atoms with Crippen LogP contribution >= 0.6 is 31.9 Å². The van der Waals surface area contributed by atoms with Crippen molar-refractivity contribution >= 4 is 43.2 Å². The average Bonchev–Trinajstić information content (AvgIpc) is 2.83. The first kappa shape index (κ1) is 28.9. The Bertz CT molecular complexity index is 1500. The minimum Gasteiger partial charge on any atom is -0.454 e. The van der Waals surface area contributed by atoms with Gasteiger partial charge in [-0.05, 0) is 55.8 Å². The van der Waals surface area contributed by atoms with E-state index in [-0.39, 0.29) is 22.9 Å². The first-order chi connectivity index (χ1) is 17.8. The molecule has 0 aromatic heterocycles. The number of hydrogen-bond donors (Lipinski definition) is 1. The highest BCUT2D eigenvalue weighted by Crippen LogP contribution is 2.35. The Hall–Kier alpha value is -3.64. The van der Waals surface area contributed by atoms with Gasteiger partial charge in [-0.3, -0.25) is 10.1 Å². The summed E-state index contributed by atoms with van der Waals surface area (Å²) in [5.41, 5.74) is 7.46. The number of anilines is 1. The van der Waals surface area contributed by atoms with Gasteiger partial charge in [0.15, 0.2) is 23.1 Å². The summed E-state index contributed by atoms with van der Waals surface area (Å²) in [5, 5.41) is 10.9. The van der Waals surface area contributed by atoms with Crippen LogP contribution in [0.2, 0.25) is 0 Å². The lowest BCUT2D eigenvalue weighted by Crippen LogP contribution is -1.95.